The summed E-state index contributed by atoms with van der Waals surface area (Å²) in [5.74, 6) is 0.483. The van der Waals surface area contributed by atoms with Crippen LogP contribution < -0.4 is 4.74 Å². The topological polar surface area (TPSA) is 59.3 Å². The van der Waals surface area contributed by atoms with E-state index in [1.54, 1.807) is 12.1 Å². The van der Waals surface area contributed by atoms with Crippen molar-refractivity contribution >= 4 is 27.4 Å². The fraction of sp³-hybridized carbons (Fsp3) is 0.286. The fourth-order valence-electron chi connectivity index (χ4n) is 1.71. The highest BCUT2D eigenvalue weighted by Gasteiger charge is 2.08. The number of ether oxygens (including phenoxy) is 2. The monoisotopic (exact) mass is 275 g/mol. The number of benzene rings is 1. The van der Waals surface area contributed by atoms with Gasteiger partial charge in [0.25, 0.3) is 0 Å². The zero-order chi connectivity index (χ0) is 13.7. The van der Waals surface area contributed by atoms with Gasteiger partial charge < -0.3 is 9.47 Å². The molecule has 1 heterocycles. The number of fused-ring (bicyclic) bond motifs is 1. The Morgan fingerprint density at radius 1 is 1.37 bits per heavy atom. The van der Waals surface area contributed by atoms with Gasteiger partial charge in [0.2, 0.25) is 0 Å². The Kier molecular flexibility index (Phi) is 4.37. The van der Waals surface area contributed by atoms with Crippen LogP contribution in [0.2, 0.25) is 0 Å². The van der Waals surface area contributed by atoms with Gasteiger partial charge in [-0.3, -0.25) is 4.79 Å². The summed E-state index contributed by atoms with van der Waals surface area (Å²) in [6, 6.07) is 7.69. The predicted octanol–water partition coefficient (Wildman–Crippen LogP) is 3.10. The Labute approximate surface area is 115 Å². The van der Waals surface area contributed by atoms with Crippen LogP contribution in [-0.4, -0.2) is 19.2 Å². The van der Waals surface area contributed by atoms with Crippen molar-refractivity contribution in [2.75, 3.05) is 13.2 Å². The van der Waals surface area contributed by atoms with Crippen LogP contribution in [0, 0.1) is 11.3 Å². The van der Waals surface area contributed by atoms with Crippen LogP contribution in [0.1, 0.15) is 18.9 Å². The van der Waals surface area contributed by atoms with Crippen LogP contribution >= 0.6 is 11.3 Å². The summed E-state index contributed by atoms with van der Waals surface area (Å²) < 4.78 is 11.4. The fourth-order valence-corrected chi connectivity index (χ4v) is 2.58. The van der Waals surface area contributed by atoms with Gasteiger partial charge in [0.05, 0.1) is 23.5 Å². The number of nitriles is 1. The SMILES string of the molecule is CC(=O)OCCCOc1ccc(C#N)c2sccc12. The van der Waals surface area contributed by atoms with Gasteiger partial charge in [0.15, 0.2) is 0 Å². The lowest BCUT2D eigenvalue weighted by atomic mass is 10.1. The molecule has 0 bridgehead atoms. The first-order chi connectivity index (χ1) is 9.22. The first kappa shape index (κ1) is 13.4. The Morgan fingerprint density at radius 2 is 2.21 bits per heavy atom. The Morgan fingerprint density at radius 3 is 2.95 bits per heavy atom. The molecule has 5 heteroatoms. The maximum absolute atomic E-state index is 10.6. The molecule has 0 amide bonds. The number of nitrogens with zero attached hydrogens (tertiary/aromatic N) is 1. The molecule has 4 nitrogen and oxygen atoms in total. The second kappa shape index (κ2) is 6.21. The Balaban J connectivity index is 2.00. The molecule has 0 radical (unpaired) electrons. The molecule has 1 aromatic heterocycles. The summed E-state index contributed by atoms with van der Waals surface area (Å²) in [4.78, 5) is 10.6. The third-order valence-electron chi connectivity index (χ3n) is 2.55. The van der Waals surface area contributed by atoms with Crippen molar-refractivity contribution in [3.05, 3.63) is 29.1 Å². The number of esters is 1. The third kappa shape index (κ3) is 3.24. The highest BCUT2D eigenvalue weighted by Crippen LogP contribution is 2.32. The van der Waals surface area contributed by atoms with Crippen molar-refractivity contribution in [1.82, 2.24) is 0 Å². The van der Waals surface area contributed by atoms with E-state index in [0.717, 1.165) is 15.8 Å². The van der Waals surface area contributed by atoms with E-state index in [0.29, 0.717) is 25.2 Å². The molecular weight excluding hydrogens is 262 g/mol. The summed E-state index contributed by atoms with van der Waals surface area (Å²) in [5, 5.41) is 11.9. The molecule has 0 unspecified atom stereocenters. The molecule has 1 aromatic carbocycles. The van der Waals surface area contributed by atoms with Crippen molar-refractivity contribution in [3.63, 3.8) is 0 Å². The molecule has 0 N–H and O–H groups in total. The van der Waals surface area contributed by atoms with E-state index in [1.165, 1.54) is 18.3 Å². The van der Waals surface area contributed by atoms with E-state index in [1.807, 2.05) is 11.4 Å². The van der Waals surface area contributed by atoms with E-state index in [9.17, 15) is 4.79 Å². The molecule has 0 aliphatic rings. The van der Waals surface area contributed by atoms with Crippen LogP contribution in [0.25, 0.3) is 10.1 Å². The minimum absolute atomic E-state index is 0.279. The molecule has 2 aromatic rings. The van der Waals surface area contributed by atoms with Crippen molar-refractivity contribution in [2.45, 2.75) is 13.3 Å². The van der Waals surface area contributed by atoms with Crippen molar-refractivity contribution in [1.29, 1.82) is 5.26 Å². The molecule has 0 aliphatic heterocycles. The van der Waals surface area contributed by atoms with Gasteiger partial charge in [0, 0.05) is 18.7 Å². The van der Waals surface area contributed by atoms with E-state index in [4.69, 9.17) is 14.7 Å². The summed E-state index contributed by atoms with van der Waals surface area (Å²) in [7, 11) is 0. The average molecular weight is 275 g/mol. The van der Waals surface area contributed by atoms with E-state index in [-0.39, 0.29) is 5.97 Å². The molecule has 0 fully saturated rings. The quantitative estimate of drug-likeness (QED) is 0.621. The number of thiophene rings is 1. The van der Waals surface area contributed by atoms with Gasteiger partial charge in [0.1, 0.15) is 11.8 Å². The summed E-state index contributed by atoms with van der Waals surface area (Å²) in [5.41, 5.74) is 0.664. The molecular formula is C14H13NO3S. The number of rotatable bonds is 5. The predicted molar refractivity (Wildman–Crippen MR) is 73.3 cm³/mol. The molecule has 0 aliphatic carbocycles. The van der Waals surface area contributed by atoms with Crippen LogP contribution in [0.15, 0.2) is 23.6 Å². The lowest BCUT2D eigenvalue weighted by Crippen LogP contribution is -2.06. The highest BCUT2D eigenvalue weighted by atomic mass is 32.1. The largest absolute Gasteiger partial charge is 0.493 e. The standard InChI is InChI=1S/C14H13NO3S/c1-10(16)17-6-2-7-18-13-4-3-11(9-15)14-12(13)5-8-19-14/h3-5,8H,2,6-7H2,1H3. The van der Waals surface area contributed by atoms with Crippen LogP contribution in [0.5, 0.6) is 5.75 Å². The lowest BCUT2D eigenvalue weighted by molar-refractivity contribution is -0.141. The third-order valence-corrected chi connectivity index (χ3v) is 3.50. The maximum Gasteiger partial charge on any atom is 0.302 e. The van der Waals surface area contributed by atoms with Gasteiger partial charge >= 0.3 is 5.97 Å². The van der Waals surface area contributed by atoms with E-state index in [2.05, 4.69) is 6.07 Å². The molecule has 0 spiro atoms. The Bertz CT molecular complexity index is 627. The van der Waals surface area contributed by atoms with Crippen molar-refractivity contribution < 1.29 is 14.3 Å². The van der Waals surface area contributed by atoms with Crippen LogP contribution in [0.3, 0.4) is 0 Å². The normalized spacial score (nSPS) is 10.1. The number of hydrogen-bond acceptors (Lipinski definition) is 5. The summed E-state index contributed by atoms with van der Waals surface area (Å²) in [6.45, 7) is 2.22. The molecule has 0 saturated heterocycles. The van der Waals surface area contributed by atoms with Gasteiger partial charge in [-0.1, -0.05) is 0 Å². The molecule has 98 valence electrons. The molecule has 2 rings (SSSR count). The number of hydrogen-bond donors (Lipinski definition) is 0. The Hall–Kier alpha value is -2.06. The zero-order valence-corrected chi connectivity index (χ0v) is 11.3. The van der Waals surface area contributed by atoms with Crippen LogP contribution in [0.4, 0.5) is 0 Å². The van der Waals surface area contributed by atoms with Gasteiger partial charge in [-0.05, 0) is 23.6 Å². The number of carbonyl (C=O) groups is 1. The van der Waals surface area contributed by atoms with Gasteiger partial charge in [-0.2, -0.15) is 5.26 Å². The van der Waals surface area contributed by atoms with Gasteiger partial charge in [-0.25, -0.2) is 0 Å². The first-order valence-corrected chi connectivity index (χ1v) is 6.77. The minimum atomic E-state index is -0.279. The average Bonchev–Trinajstić information content (AvgIpc) is 2.87. The van der Waals surface area contributed by atoms with E-state index >= 15 is 0 Å². The molecule has 0 saturated carbocycles. The van der Waals surface area contributed by atoms with Crippen molar-refractivity contribution in [2.24, 2.45) is 0 Å². The smallest absolute Gasteiger partial charge is 0.302 e. The second-order valence-corrected chi connectivity index (χ2v) is 4.84. The maximum atomic E-state index is 10.6. The lowest BCUT2D eigenvalue weighted by Gasteiger charge is -2.08. The van der Waals surface area contributed by atoms with Crippen LogP contribution in [-0.2, 0) is 9.53 Å². The minimum Gasteiger partial charge on any atom is -0.493 e. The van der Waals surface area contributed by atoms with Crippen molar-refractivity contribution in [3.8, 4) is 11.8 Å². The zero-order valence-electron chi connectivity index (χ0n) is 10.5. The molecule has 0 atom stereocenters. The van der Waals surface area contributed by atoms with Gasteiger partial charge in [-0.15, -0.1) is 11.3 Å². The van der Waals surface area contributed by atoms with E-state index < -0.39 is 0 Å². The first-order valence-electron chi connectivity index (χ1n) is 5.89. The summed E-state index contributed by atoms with van der Waals surface area (Å²) in [6.07, 6.45) is 0.644. The highest BCUT2D eigenvalue weighted by molar-refractivity contribution is 7.17. The summed E-state index contributed by atoms with van der Waals surface area (Å²) >= 11 is 1.53. The second-order valence-electron chi connectivity index (χ2n) is 3.93. The number of carbonyl (C=O) groups excluding carboxylic acids is 1. The molecule has 19 heavy (non-hydrogen) atoms.